The van der Waals surface area contributed by atoms with Crippen molar-refractivity contribution < 1.29 is 29.3 Å². The molecule has 34 heavy (non-hydrogen) atoms. The maximum atomic E-state index is 13.4. The monoisotopic (exact) mass is 470 g/mol. The highest BCUT2D eigenvalue weighted by molar-refractivity contribution is 6.31. The first-order chi connectivity index (χ1) is 16.7. The lowest BCUT2D eigenvalue weighted by Gasteiger charge is -2.24. The van der Waals surface area contributed by atoms with Gasteiger partial charge in [-0.2, -0.15) is 0 Å². The molecule has 0 atom stereocenters. The largest absolute Gasteiger partial charge is 0.396 e. The summed E-state index contributed by atoms with van der Waals surface area (Å²) in [4.78, 5) is 26.8. The van der Waals surface area contributed by atoms with Crippen LogP contribution in [0.5, 0.6) is 0 Å². The van der Waals surface area contributed by atoms with E-state index in [0.29, 0.717) is 86.0 Å². The third-order valence-corrected chi connectivity index (χ3v) is 5.53. The van der Waals surface area contributed by atoms with Gasteiger partial charge in [0.1, 0.15) is 0 Å². The summed E-state index contributed by atoms with van der Waals surface area (Å²) < 4.78 is 10.9. The van der Waals surface area contributed by atoms with E-state index in [2.05, 4.69) is 10.6 Å². The Hall–Kier alpha value is -2.78. The number of carbonyl (C=O) groups excluding carboxylic acids is 2. The molecule has 8 heteroatoms. The summed E-state index contributed by atoms with van der Waals surface area (Å²) in [5.74, 6) is -0.328. The number of anilines is 2. The number of fused-ring (bicyclic) bond motifs is 2. The maximum Gasteiger partial charge on any atom is 0.196 e. The van der Waals surface area contributed by atoms with Crippen LogP contribution in [0.4, 0.5) is 11.4 Å². The van der Waals surface area contributed by atoms with Crippen molar-refractivity contribution in [1.29, 1.82) is 0 Å². The summed E-state index contributed by atoms with van der Waals surface area (Å²) in [5.41, 5.74) is 2.91. The van der Waals surface area contributed by atoms with Crippen molar-refractivity contribution in [2.24, 2.45) is 0 Å². The minimum absolute atomic E-state index is 0.110. The number of hydrogen-bond donors (Lipinski definition) is 4. The summed E-state index contributed by atoms with van der Waals surface area (Å²) in [6.45, 7) is 3.53. The molecule has 0 aromatic heterocycles. The summed E-state index contributed by atoms with van der Waals surface area (Å²) in [6, 6.07) is 10.6. The van der Waals surface area contributed by atoms with Crippen LogP contribution >= 0.6 is 0 Å². The molecular weight excluding hydrogens is 436 g/mol. The van der Waals surface area contributed by atoms with Crippen molar-refractivity contribution in [3.05, 3.63) is 58.7 Å². The number of benzene rings is 2. The highest BCUT2D eigenvalue weighted by Gasteiger charge is 2.33. The Bertz CT molecular complexity index is 886. The van der Waals surface area contributed by atoms with Crippen LogP contribution in [-0.4, -0.2) is 74.5 Å². The predicted octanol–water partition coefficient (Wildman–Crippen LogP) is 2.86. The van der Waals surface area contributed by atoms with Crippen LogP contribution in [0.3, 0.4) is 0 Å². The first-order valence-corrected chi connectivity index (χ1v) is 11.9. The molecule has 2 aromatic rings. The molecule has 3 rings (SSSR count). The van der Waals surface area contributed by atoms with Gasteiger partial charge in [-0.15, -0.1) is 0 Å². The summed E-state index contributed by atoms with van der Waals surface area (Å²) in [5, 5.41) is 24.2. The standard InChI is InChI=1S/C26H34N2O6/c29-13-5-17-33-15-3-11-27-21-9-10-22(28-12-4-16-34-18-6-14-30)24-23(21)25(31)19-7-1-2-8-20(19)26(24)32/h1-2,7-10,27-30H,3-6,11-18H2. The normalized spacial score (nSPS) is 12.4. The Labute approximate surface area is 200 Å². The number of hydrogen-bond acceptors (Lipinski definition) is 8. The fourth-order valence-electron chi connectivity index (χ4n) is 3.85. The first-order valence-electron chi connectivity index (χ1n) is 11.9. The third-order valence-electron chi connectivity index (χ3n) is 5.53. The zero-order valence-corrected chi connectivity index (χ0v) is 19.5. The number of aliphatic hydroxyl groups excluding tert-OH is 2. The quantitative estimate of drug-likeness (QED) is 0.236. The van der Waals surface area contributed by atoms with Gasteiger partial charge in [0.25, 0.3) is 0 Å². The second-order valence-corrected chi connectivity index (χ2v) is 8.05. The van der Waals surface area contributed by atoms with Crippen LogP contribution in [-0.2, 0) is 9.47 Å². The molecule has 1 aliphatic rings. The molecule has 0 unspecified atom stereocenters. The highest BCUT2D eigenvalue weighted by atomic mass is 16.5. The van der Waals surface area contributed by atoms with Gasteiger partial charge in [-0.25, -0.2) is 0 Å². The van der Waals surface area contributed by atoms with Crippen molar-refractivity contribution >= 4 is 22.9 Å². The van der Waals surface area contributed by atoms with E-state index in [0.717, 1.165) is 12.8 Å². The van der Waals surface area contributed by atoms with Crippen LogP contribution < -0.4 is 10.6 Å². The highest BCUT2D eigenvalue weighted by Crippen LogP contribution is 2.36. The molecule has 0 bridgehead atoms. The molecule has 0 fully saturated rings. The van der Waals surface area contributed by atoms with E-state index in [9.17, 15) is 9.59 Å². The molecule has 4 N–H and O–H groups in total. The van der Waals surface area contributed by atoms with Crippen LogP contribution in [0, 0.1) is 0 Å². The lowest BCUT2D eigenvalue weighted by atomic mass is 9.82. The summed E-state index contributed by atoms with van der Waals surface area (Å²) in [6.07, 6.45) is 2.69. The first kappa shape index (κ1) is 25.8. The van der Waals surface area contributed by atoms with Crippen LogP contribution in [0.1, 0.15) is 57.5 Å². The summed E-state index contributed by atoms with van der Waals surface area (Å²) >= 11 is 0. The number of nitrogens with one attached hydrogen (secondary N) is 2. The van der Waals surface area contributed by atoms with Gasteiger partial charge in [0, 0.05) is 75.2 Å². The third kappa shape index (κ3) is 6.64. The predicted molar refractivity (Wildman–Crippen MR) is 131 cm³/mol. The number of ketones is 2. The SMILES string of the molecule is O=C1c2ccccc2C(=O)c2c(NCCCOCCCO)ccc(NCCCOCCCO)c21. The smallest absolute Gasteiger partial charge is 0.196 e. The van der Waals surface area contributed by atoms with Crippen LogP contribution in [0.15, 0.2) is 36.4 Å². The molecular formula is C26H34N2O6. The Morgan fingerprint density at radius 1 is 0.618 bits per heavy atom. The Morgan fingerprint density at radius 3 is 1.44 bits per heavy atom. The van der Waals surface area contributed by atoms with E-state index in [1.54, 1.807) is 24.3 Å². The zero-order chi connectivity index (χ0) is 24.2. The number of ether oxygens (including phenoxy) is 2. The van der Waals surface area contributed by atoms with Crippen LogP contribution in [0.2, 0.25) is 0 Å². The van der Waals surface area contributed by atoms with Crippen molar-refractivity contribution in [1.82, 2.24) is 0 Å². The molecule has 0 saturated carbocycles. The van der Waals surface area contributed by atoms with Gasteiger partial charge in [-0.05, 0) is 37.8 Å². The maximum absolute atomic E-state index is 13.4. The van der Waals surface area contributed by atoms with E-state index in [1.807, 2.05) is 12.1 Å². The molecule has 0 saturated heterocycles. The van der Waals surface area contributed by atoms with E-state index in [1.165, 1.54) is 0 Å². The average molecular weight is 471 g/mol. The molecule has 1 aliphatic carbocycles. The molecule has 0 heterocycles. The van der Waals surface area contributed by atoms with Gasteiger partial charge >= 0.3 is 0 Å². The fraction of sp³-hybridized carbons (Fsp3) is 0.462. The van der Waals surface area contributed by atoms with Crippen molar-refractivity contribution in [3.63, 3.8) is 0 Å². The van der Waals surface area contributed by atoms with Gasteiger partial charge < -0.3 is 30.3 Å². The van der Waals surface area contributed by atoms with Crippen LogP contribution in [0.25, 0.3) is 0 Å². The fourth-order valence-corrected chi connectivity index (χ4v) is 3.85. The minimum Gasteiger partial charge on any atom is -0.396 e. The van der Waals surface area contributed by atoms with Gasteiger partial charge in [-0.1, -0.05) is 24.3 Å². The molecule has 2 aromatic carbocycles. The van der Waals surface area contributed by atoms with Gasteiger partial charge in [0.2, 0.25) is 0 Å². The topological polar surface area (TPSA) is 117 Å². The molecule has 0 spiro atoms. The molecule has 184 valence electrons. The van der Waals surface area contributed by atoms with E-state index in [4.69, 9.17) is 19.7 Å². The molecule has 0 radical (unpaired) electrons. The van der Waals surface area contributed by atoms with E-state index >= 15 is 0 Å². The lowest BCUT2D eigenvalue weighted by molar-refractivity contribution is 0.0980. The number of carbonyl (C=O) groups is 2. The summed E-state index contributed by atoms with van der Waals surface area (Å²) in [7, 11) is 0. The average Bonchev–Trinajstić information content (AvgIpc) is 2.86. The number of aliphatic hydroxyl groups is 2. The zero-order valence-electron chi connectivity index (χ0n) is 19.5. The lowest BCUT2D eigenvalue weighted by Crippen LogP contribution is -2.24. The Kier molecular flexibility index (Phi) is 10.5. The molecule has 0 aliphatic heterocycles. The van der Waals surface area contributed by atoms with Gasteiger partial charge in [0.05, 0.1) is 11.1 Å². The van der Waals surface area contributed by atoms with Crippen molar-refractivity contribution in [2.45, 2.75) is 25.7 Å². The van der Waals surface area contributed by atoms with Crippen molar-refractivity contribution in [2.75, 3.05) is 63.4 Å². The minimum atomic E-state index is -0.164. The number of rotatable bonds is 16. The second-order valence-electron chi connectivity index (χ2n) is 8.05. The van der Waals surface area contributed by atoms with Crippen molar-refractivity contribution in [3.8, 4) is 0 Å². The van der Waals surface area contributed by atoms with Gasteiger partial charge in [0.15, 0.2) is 11.6 Å². The van der Waals surface area contributed by atoms with E-state index < -0.39 is 0 Å². The van der Waals surface area contributed by atoms with E-state index in [-0.39, 0.29) is 24.8 Å². The second kappa shape index (κ2) is 13.8. The molecule has 0 amide bonds. The Morgan fingerprint density at radius 2 is 1.03 bits per heavy atom. The molecule has 8 nitrogen and oxygen atoms in total. The van der Waals surface area contributed by atoms with Gasteiger partial charge in [-0.3, -0.25) is 9.59 Å². The Balaban J connectivity index is 1.72.